The fraction of sp³-hybridized carbons (Fsp3) is 0.0909. The van der Waals surface area contributed by atoms with Crippen molar-refractivity contribution in [3.8, 4) is 0 Å². The van der Waals surface area contributed by atoms with E-state index in [0.717, 1.165) is 11.6 Å². The molecule has 0 aliphatic rings. The Bertz CT molecular complexity index is 418. The molecule has 1 aromatic carbocycles. The molecule has 0 bridgehead atoms. The van der Waals surface area contributed by atoms with Crippen LogP contribution in [0.5, 0.6) is 0 Å². The van der Waals surface area contributed by atoms with Gasteiger partial charge in [0.1, 0.15) is 11.6 Å². The molecule has 2 nitrogen and oxygen atoms in total. The molecule has 78 valence electrons. The average molecular weight is 208 g/mol. The summed E-state index contributed by atoms with van der Waals surface area (Å²) in [7, 11) is 0. The first-order chi connectivity index (χ1) is 7.24. The third-order valence-electron chi connectivity index (χ3n) is 2.02. The Morgan fingerprint density at radius 3 is 2.47 bits per heavy atom. The Balaban J connectivity index is 2.05. The number of aromatic nitrogens is 1. The van der Waals surface area contributed by atoms with Gasteiger partial charge < -0.3 is 10.3 Å². The van der Waals surface area contributed by atoms with Gasteiger partial charge >= 0.3 is 0 Å². The normalized spacial score (nSPS) is 10.3. The van der Waals surface area contributed by atoms with Gasteiger partial charge in [-0.25, -0.2) is 8.78 Å². The second kappa shape index (κ2) is 4.13. The molecule has 0 spiro atoms. The number of anilines is 1. The molecule has 1 heterocycles. The zero-order chi connectivity index (χ0) is 10.7. The molecule has 0 fully saturated rings. The zero-order valence-corrected chi connectivity index (χ0v) is 7.93. The summed E-state index contributed by atoms with van der Waals surface area (Å²) in [5, 5.41) is 2.93. The van der Waals surface area contributed by atoms with Crippen LogP contribution in [-0.4, -0.2) is 4.98 Å². The van der Waals surface area contributed by atoms with Crippen molar-refractivity contribution >= 4 is 5.69 Å². The van der Waals surface area contributed by atoms with Gasteiger partial charge in [-0.2, -0.15) is 0 Å². The SMILES string of the molecule is Fc1cc(F)cc(NCc2cc[nH]c2)c1. The van der Waals surface area contributed by atoms with Crippen LogP contribution in [0.1, 0.15) is 5.56 Å². The van der Waals surface area contributed by atoms with Crippen molar-refractivity contribution in [3.05, 3.63) is 53.9 Å². The number of H-pyrrole nitrogens is 1. The van der Waals surface area contributed by atoms with Crippen LogP contribution in [0.15, 0.2) is 36.7 Å². The van der Waals surface area contributed by atoms with E-state index in [-0.39, 0.29) is 0 Å². The first-order valence-electron chi connectivity index (χ1n) is 4.56. The lowest BCUT2D eigenvalue weighted by Crippen LogP contribution is -1.99. The van der Waals surface area contributed by atoms with E-state index in [2.05, 4.69) is 10.3 Å². The number of halogens is 2. The first kappa shape index (κ1) is 9.71. The van der Waals surface area contributed by atoms with Crippen LogP contribution in [0.25, 0.3) is 0 Å². The molecule has 0 amide bonds. The van der Waals surface area contributed by atoms with Crippen molar-refractivity contribution in [1.82, 2.24) is 4.98 Å². The molecule has 1 aromatic heterocycles. The van der Waals surface area contributed by atoms with Gasteiger partial charge in [0.15, 0.2) is 0 Å². The minimum Gasteiger partial charge on any atom is -0.381 e. The van der Waals surface area contributed by atoms with E-state index < -0.39 is 11.6 Å². The molecule has 0 aliphatic carbocycles. The van der Waals surface area contributed by atoms with E-state index in [1.54, 1.807) is 6.20 Å². The number of hydrogen-bond acceptors (Lipinski definition) is 1. The van der Waals surface area contributed by atoms with E-state index in [4.69, 9.17) is 0 Å². The van der Waals surface area contributed by atoms with Crippen LogP contribution in [0.2, 0.25) is 0 Å². The first-order valence-corrected chi connectivity index (χ1v) is 4.56. The highest BCUT2D eigenvalue weighted by Gasteiger charge is 2.00. The number of rotatable bonds is 3. The highest BCUT2D eigenvalue weighted by molar-refractivity contribution is 5.44. The molecule has 15 heavy (non-hydrogen) atoms. The lowest BCUT2D eigenvalue weighted by atomic mass is 10.2. The van der Waals surface area contributed by atoms with Crippen LogP contribution in [0.3, 0.4) is 0 Å². The molecule has 2 N–H and O–H groups in total. The molecule has 2 aromatic rings. The second-order valence-corrected chi connectivity index (χ2v) is 3.23. The summed E-state index contributed by atoms with van der Waals surface area (Å²) >= 11 is 0. The van der Waals surface area contributed by atoms with Gasteiger partial charge in [-0.05, 0) is 23.8 Å². The minimum absolute atomic E-state index is 0.439. The van der Waals surface area contributed by atoms with Crippen LogP contribution >= 0.6 is 0 Å². The molecule has 4 heteroatoms. The van der Waals surface area contributed by atoms with Crippen molar-refractivity contribution in [2.75, 3.05) is 5.32 Å². The molecule has 0 aliphatic heterocycles. The standard InChI is InChI=1S/C11H10F2N2/c12-9-3-10(13)5-11(4-9)15-7-8-1-2-14-6-8/h1-6,14-15H,7H2. The van der Waals surface area contributed by atoms with E-state index in [1.165, 1.54) is 12.1 Å². The van der Waals surface area contributed by atoms with Crippen molar-refractivity contribution < 1.29 is 8.78 Å². The van der Waals surface area contributed by atoms with Crippen LogP contribution < -0.4 is 5.32 Å². The fourth-order valence-corrected chi connectivity index (χ4v) is 1.33. The number of hydrogen-bond donors (Lipinski definition) is 2. The highest BCUT2D eigenvalue weighted by atomic mass is 19.1. The van der Waals surface area contributed by atoms with Crippen LogP contribution in [0.4, 0.5) is 14.5 Å². The van der Waals surface area contributed by atoms with Gasteiger partial charge in [-0.3, -0.25) is 0 Å². The molecule has 0 saturated carbocycles. The van der Waals surface area contributed by atoms with Gasteiger partial charge in [0, 0.05) is 30.7 Å². The van der Waals surface area contributed by atoms with E-state index >= 15 is 0 Å². The molecule has 0 saturated heterocycles. The predicted molar refractivity (Wildman–Crippen MR) is 54.5 cm³/mol. The Kier molecular flexibility index (Phi) is 2.67. The predicted octanol–water partition coefficient (Wildman–Crippen LogP) is 2.91. The number of aromatic amines is 1. The van der Waals surface area contributed by atoms with E-state index in [0.29, 0.717) is 12.2 Å². The Morgan fingerprint density at radius 1 is 1.13 bits per heavy atom. The smallest absolute Gasteiger partial charge is 0.128 e. The van der Waals surface area contributed by atoms with Gasteiger partial charge in [-0.1, -0.05) is 0 Å². The summed E-state index contributed by atoms with van der Waals surface area (Å²) in [6.07, 6.45) is 3.62. The molecule has 2 rings (SSSR count). The van der Waals surface area contributed by atoms with Crippen LogP contribution in [-0.2, 0) is 6.54 Å². The Hall–Kier alpha value is -1.84. The van der Waals surface area contributed by atoms with Gasteiger partial charge in [0.25, 0.3) is 0 Å². The summed E-state index contributed by atoms with van der Waals surface area (Å²) in [6.45, 7) is 0.534. The molecular weight excluding hydrogens is 198 g/mol. The molecule has 0 radical (unpaired) electrons. The minimum atomic E-state index is -0.577. The Labute approximate surface area is 85.9 Å². The summed E-state index contributed by atoms with van der Waals surface area (Å²) < 4.78 is 25.6. The summed E-state index contributed by atoms with van der Waals surface area (Å²) in [5.74, 6) is -1.15. The molecule has 0 atom stereocenters. The lowest BCUT2D eigenvalue weighted by molar-refractivity contribution is 0.584. The maximum absolute atomic E-state index is 12.8. The van der Waals surface area contributed by atoms with Crippen molar-refractivity contribution in [2.45, 2.75) is 6.54 Å². The summed E-state index contributed by atoms with van der Waals surface area (Å²) in [4.78, 5) is 2.90. The maximum Gasteiger partial charge on any atom is 0.128 e. The van der Waals surface area contributed by atoms with E-state index in [1.807, 2.05) is 12.3 Å². The number of nitrogens with one attached hydrogen (secondary N) is 2. The van der Waals surface area contributed by atoms with Crippen molar-refractivity contribution in [3.63, 3.8) is 0 Å². The molecule has 0 unspecified atom stereocenters. The maximum atomic E-state index is 12.8. The van der Waals surface area contributed by atoms with Gasteiger partial charge in [0.2, 0.25) is 0 Å². The highest BCUT2D eigenvalue weighted by Crippen LogP contribution is 2.13. The third kappa shape index (κ3) is 2.56. The Morgan fingerprint density at radius 2 is 1.87 bits per heavy atom. The zero-order valence-electron chi connectivity index (χ0n) is 7.93. The number of benzene rings is 1. The van der Waals surface area contributed by atoms with E-state index in [9.17, 15) is 8.78 Å². The van der Waals surface area contributed by atoms with Crippen molar-refractivity contribution in [2.24, 2.45) is 0 Å². The summed E-state index contributed by atoms with van der Waals surface area (Å²) in [5.41, 5.74) is 1.47. The summed E-state index contributed by atoms with van der Waals surface area (Å²) in [6, 6.07) is 5.26. The second-order valence-electron chi connectivity index (χ2n) is 3.23. The van der Waals surface area contributed by atoms with Crippen LogP contribution in [0, 0.1) is 11.6 Å². The largest absolute Gasteiger partial charge is 0.381 e. The fourth-order valence-electron chi connectivity index (χ4n) is 1.33. The average Bonchev–Trinajstić information content (AvgIpc) is 2.65. The van der Waals surface area contributed by atoms with Crippen molar-refractivity contribution in [1.29, 1.82) is 0 Å². The molecular formula is C11H10F2N2. The van der Waals surface area contributed by atoms with Gasteiger partial charge in [-0.15, -0.1) is 0 Å². The quantitative estimate of drug-likeness (QED) is 0.797. The lowest BCUT2D eigenvalue weighted by Gasteiger charge is -2.04. The monoisotopic (exact) mass is 208 g/mol. The van der Waals surface area contributed by atoms with Gasteiger partial charge in [0.05, 0.1) is 0 Å². The topological polar surface area (TPSA) is 27.8 Å². The third-order valence-corrected chi connectivity index (χ3v) is 2.02.